The van der Waals surface area contributed by atoms with Crippen LogP contribution < -0.4 is 4.90 Å². The fourth-order valence-corrected chi connectivity index (χ4v) is 1.85. The molecule has 1 aliphatic heterocycles. The van der Waals surface area contributed by atoms with E-state index in [1.54, 1.807) is 13.0 Å². The van der Waals surface area contributed by atoms with Gasteiger partial charge in [-0.05, 0) is 6.92 Å². The summed E-state index contributed by atoms with van der Waals surface area (Å²) in [6, 6.07) is 1.63. The summed E-state index contributed by atoms with van der Waals surface area (Å²) >= 11 is 11.5. The van der Waals surface area contributed by atoms with Gasteiger partial charge < -0.3 is 5.11 Å². The topological polar surface area (TPSA) is 64.5 Å². The molecule has 2 heterocycles. The second-order valence-electron chi connectivity index (χ2n) is 3.15. The smallest absolute Gasteiger partial charge is 0.249 e. The highest BCUT2D eigenvalue weighted by molar-refractivity contribution is 6.35. The van der Waals surface area contributed by atoms with Gasteiger partial charge in [0.1, 0.15) is 0 Å². The molecule has 5 nitrogen and oxygen atoms in total. The number of nitrogens with zero attached hydrogens (tertiary/aromatic N) is 3. The quantitative estimate of drug-likeness (QED) is 0.605. The van der Waals surface area contributed by atoms with Crippen molar-refractivity contribution in [3.63, 3.8) is 0 Å². The molecule has 2 N–H and O–H groups in total. The number of aliphatic hydroxyl groups excluding tert-OH is 1. The molecule has 0 spiro atoms. The minimum absolute atomic E-state index is 0.328. The monoisotopic (exact) mass is 264 g/mol. The largest absolute Gasteiger partial charge is 0.491 e. The summed E-state index contributed by atoms with van der Waals surface area (Å²) in [6.45, 7) is 1.78. The molecular formula is C8H7Cl2FN4O. The molecule has 0 aromatic carbocycles. The molecule has 86 valence electrons. The predicted octanol–water partition coefficient (Wildman–Crippen LogP) is 2.39. The number of alkyl halides is 1. The van der Waals surface area contributed by atoms with E-state index in [9.17, 15) is 4.39 Å². The van der Waals surface area contributed by atoms with E-state index >= 15 is 0 Å². The average Bonchev–Trinajstić information content (AvgIpc) is 2.61. The van der Waals surface area contributed by atoms with Gasteiger partial charge in [0.25, 0.3) is 0 Å². The molecule has 0 aliphatic carbocycles. The van der Waals surface area contributed by atoms with Gasteiger partial charge in [-0.15, -0.1) is 0 Å². The molecule has 0 radical (unpaired) electrons. The van der Waals surface area contributed by atoms with Crippen molar-refractivity contribution in [1.29, 1.82) is 0 Å². The van der Waals surface area contributed by atoms with Crippen LogP contribution in [0, 0.1) is 6.92 Å². The zero-order valence-corrected chi connectivity index (χ0v) is 9.59. The van der Waals surface area contributed by atoms with Crippen LogP contribution in [-0.4, -0.2) is 26.8 Å². The van der Waals surface area contributed by atoms with E-state index in [-0.39, 0.29) is 5.16 Å². The molecule has 2 rings (SSSR count). The van der Waals surface area contributed by atoms with E-state index in [0.29, 0.717) is 5.82 Å². The Morgan fingerprint density at radius 3 is 2.88 bits per heavy atom. The number of aromatic nitrogens is 2. The van der Waals surface area contributed by atoms with Gasteiger partial charge in [-0.3, -0.25) is 10.00 Å². The van der Waals surface area contributed by atoms with Gasteiger partial charge in [0, 0.05) is 11.8 Å². The third-order valence-corrected chi connectivity index (χ3v) is 2.61. The van der Waals surface area contributed by atoms with Gasteiger partial charge in [-0.2, -0.15) is 9.49 Å². The molecule has 1 aliphatic rings. The molecule has 8 heteroatoms. The number of nitrogens with one attached hydrogen (secondary N) is 1. The second-order valence-corrected chi connectivity index (χ2v) is 3.90. The molecule has 16 heavy (non-hydrogen) atoms. The van der Waals surface area contributed by atoms with E-state index in [1.165, 1.54) is 0 Å². The van der Waals surface area contributed by atoms with Crippen molar-refractivity contribution in [2.24, 2.45) is 4.99 Å². The van der Waals surface area contributed by atoms with E-state index < -0.39 is 17.3 Å². The molecule has 1 aromatic rings. The first-order valence-electron chi connectivity index (χ1n) is 4.28. The Balaban J connectivity index is 2.43. The number of aliphatic hydroxyl groups is 1. The summed E-state index contributed by atoms with van der Waals surface area (Å²) in [7, 11) is 0. The molecule has 0 saturated carbocycles. The van der Waals surface area contributed by atoms with Gasteiger partial charge in [0.05, 0.1) is 0 Å². The van der Waals surface area contributed by atoms with Gasteiger partial charge in [-0.25, -0.2) is 4.99 Å². The van der Waals surface area contributed by atoms with Crippen molar-refractivity contribution in [3.05, 3.63) is 22.7 Å². The van der Waals surface area contributed by atoms with Crippen molar-refractivity contribution >= 4 is 34.9 Å². The van der Waals surface area contributed by atoms with Crippen LogP contribution in [0.15, 0.2) is 22.0 Å². The molecule has 1 atom stereocenters. The van der Waals surface area contributed by atoms with Crippen molar-refractivity contribution in [1.82, 2.24) is 10.2 Å². The first kappa shape index (κ1) is 11.2. The Hall–Kier alpha value is -1.27. The molecule has 0 fully saturated rings. The molecule has 1 aromatic heterocycles. The third-order valence-electron chi connectivity index (χ3n) is 1.97. The molecule has 0 bridgehead atoms. The molecular weight excluding hydrogens is 258 g/mol. The van der Waals surface area contributed by atoms with Crippen molar-refractivity contribution in [3.8, 4) is 0 Å². The van der Waals surface area contributed by atoms with Crippen molar-refractivity contribution in [2.45, 2.75) is 12.5 Å². The summed E-state index contributed by atoms with van der Waals surface area (Å²) < 4.78 is 13.3. The normalized spacial score (nSPS) is 21.4. The number of halogens is 3. The lowest BCUT2D eigenvalue weighted by atomic mass is 10.4. The number of aryl methyl sites for hydroxylation is 1. The number of H-pyrrole nitrogens is 1. The highest BCUT2D eigenvalue weighted by Gasteiger charge is 2.31. The first-order valence-corrected chi connectivity index (χ1v) is 5.10. The number of aliphatic imine (C=N–C) groups is 1. The van der Waals surface area contributed by atoms with Crippen LogP contribution in [0.2, 0.25) is 0 Å². The first-order chi connectivity index (χ1) is 7.50. The summed E-state index contributed by atoms with van der Waals surface area (Å²) in [6.07, 6.45) is 0. The lowest BCUT2D eigenvalue weighted by Gasteiger charge is -2.26. The van der Waals surface area contributed by atoms with Crippen LogP contribution >= 0.6 is 23.2 Å². The van der Waals surface area contributed by atoms with Crippen LogP contribution in [0.5, 0.6) is 0 Å². The predicted molar refractivity (Wildman–Crippen MR) is 59.5 cm³/mol. The number of hydrogen-bond acceptors (Lipinski definition) is 3. The minimum atomic E-state index is -1.03. The van der Waals surface area contributed by atoms with Gasteiger partial charge >= 0.3 is 0 Å². The number of aromatic amines is 1. The minimum Gasteiger partial charge on any atom is -0.491 e. The maximum Gasteiger partial charge on any atom is 0.249 e. The number of hydrogen-bond donors (Lipinski definition) is 2. The van der Waals surface area contributed by atoms with Crippen molar-refractivity contribution in [2.75, 3.05) is 4.90 Å². The Labute approximate surface area is 100 Å². The highest BCUT2D eigenvalue weighted by atomic mass is 35.5. The Morgan fingerprint density at radius 1 is 1.62 bits per heavy atom. The van der Waals surface area contributed by atoms with Gasteiger partial charge in [0.15, 0.2) is 11.0 Å². The fraction of sp³-hybridized carbons (Fsp3) is 0.250. The lowest BCUT2D eigenvalue weighted by molar-refractivity contribution is 0.501. The van der Waals surface area contributed by atoms with Crippen LogP contribution in [-0.2, 0) is 0 Å². The Morgan fingerprint density at radius 2 is 2.31 bits per heavy atom. The van der Waals surface area contributed by atoms with E-state index in [0.717, 1.165) is 10.6 Å². The Kier molecular flexibility index (Phi) is 2.77. The second kappa shape index (κ2) is 3.95. The zero-order chi connectivity index (χ0) is 11.9. The average molecular weight is 265 g/mol. The molecule has 0 saturated heterocycles. The van der Waals surface area contributed by atoms with Crippen LogP contribution in [0.1, 0.15) is 5.69 Å². The maximum atomic E-state index is 13.3. The Bertz CT molecular complexity index is 484. The summed E-state index contributed by atoms with van der Waals surface area (Å²) in [5.74, 6) is -1.51. The summed E-state index contributed by atoms with van der Waals surface area (Å²) in [5.41, 5.74) is -0.266. The fourth-order valence-electron chi connectivity index (χ4n) is 1.24. The zero-order valence-electron chi connectivity index (χ0n) is 8.08. The van der Waals surface area contributed by atoms with Crippen LogP contribution in [0.4, 0.5) is 10.2 Å². The highest BCUT2D eigenvalue weighted by Crippen LogP contribution is 2.31. The van der Waals surface area contributed by atoms with Crippen molar-refractivity contribution < 1.29 is 9.50 Å². The lowest BCUT2D eigenvalue weighted by Crippen LogP contribution is -2.33. The number of anilines is 1. The summed E-state index contributed by atoms with van der Waals surface area (Å²) in [4.78, 5) is 4.63. The SMILES string of the molecule is Cc1cc(N2C(Cl)=C(F)C(O)=NC2Cl)n[nH]1. The molecule has 1 unspecified atom stereocenters. The van der Waals surface area contributed by atoms with E-state index in [4.69, 9.17) is 28.3 Å². The maximum absolute atomic E-state index is 13.3. The standard InChI is InChI=1S/C8H7Cl2FN4O/c1-3-2-4(14-13-3)15-6(9)5(11)7(16)12-8(15)10/h2,8H,1H3,(H,12,16)(H,13,14). The van der Waals surface area contributed by atoms with Gasteiger partial charge in [-0.1, -0.05) is 23.2 Å². The van der Waals surface area contributed by atoms with Gasteiger partial charge in [0.2, 0.25) is 17.3 Å². The van der Waals surface area contributed by atoms with Crippen LogP contribution in [0.25, 0.3) is 0 Å². The summed E-state index contributed by atoms with van der Waals surface area (Å²) in [5, 5.41) is 15.3. The number of rotatable bonds is 1. The van der Waals surface area contributed by atoms with Crippen LogP contribution in [0.3, 0.4) is 0 Å². The van der Waals surface area contributed by atoms with E-state index in [2.05, 4.69) is 15.2 Å². The van der Waals surface area contributed by atoms with E-state index in [1.807, 2.05) is 0 Å². The third kappa shape index (κ3) is 1.74. The molecule has 0 amide bonds.